The molecule has 1 aromatic rings. The first-order valence-corrected chi connectivity index (χ1v) is 6.29. The Morgan fingerprint density at radius 3 is 2.33 bits per heavy atom. The Labute approximate surface area is 107 Å². The molecule has 0 amide bonds. The van der Waals surface area contributed by atoms with Crippen LogP contribution in [0.1, 0.15) is 30.5 Å². The van der Waals surface area contributed by atoms with Gasteiger partial charge in [0.1, 0.15) is 6.61 Å². The lowest BCUT2D eigenvalue weighted by Crippen LogP contribution is -2.23. The van der Waals surface area contributed by atoms with Crippen LogP contribution in [0.25, 0.3) is 0 Å². The van der Waals surface area contributed by atoms with Crippen LogP contribution >= 0.6 is 0 Å². The normalized spacial score (nSPS) is 12.9. The Balaban J connectivity index is 2.53. The van der Waals surface area contributed by atoms with Gasteiger partial charge in [0.2, 0.25) is 0 Å². The Hall–Kier alpha value is -1.00. The van der Waals surface area contributed by atoms with Crippen LogP contribution in [0.4, 0.5) is 8.78 Å². The number of aryl methyl sites for hydroxylation is 1. The van der Waals surface area contributed by atoms with Crippen molar-refractivity contribution in [3.05, 3.63) is 35.4 Å². The Bertz CT molecular complexity index is 327. The number of likely N-dealkylation sites (N-methyl/N-ethyl adjacent to an activating group) is 1. The maximum absolute atomic E-state index is 12.0. The smallest absolute Gasteiger partial charge is 0.261 e. The molecule has 0 fully saturated rings. The molecule has 18 heavy (non-hydrogen) atoms. The van der Waals surface area contributed by atoms with Crippen molar-refractivity contribution in [2.75, 3.05) is 20.3 Å². The highest BCUT2D eigenvalue weighted by Gasteiger charge is 2.11. The van der Waals surface area contributed by atoms with Crippen LogP contribution in [0.15, 0.2) is 24.3 Å². The van der Waals surface area contributed by atoms with Gasteiger partial charge in [-0.3, -0.25) is 0 Å². The molecule has 1 N–H and O–H groups in total. The molecule has 0 heterocycles. The van der Waals surface area contributed by atoms with Crippen LogP contribution in [-0.2, 0) is 11.2 Å². The minimum Gasteiger partial charge on any atom is -0.374 e. The fourth-order valence-corrected chi connectivity index (χ4v) is 1.83. The lowest BCUT2D eigenvalue weighted by molar-refractivity contribution is 0.00985. The van der Waals surface area contributed by atoms with E-state index in [2.05, 4.69) is 24.4 Å². The van der Waals surface area contributed by atoms with Crippen molar-refractivity contribution in [2.45, 2.75) is 32.2 Å². The van der Waals surface area contributed by atoms with E-state index < -0.39 is 13.0 Å². The molecule has 1 aromatic carbocycles. The first kappa shape index (κ1) is 15.1. The van der Waals surface area contributed by atoms with Crippen molar-refractivity contribution in [3.8, 4) is 0 Å². The summed E-state index contributed by atoms with van der Waals surface area (Å²) in [6.45, 7) is 1.89. The van der Waals surface area contributed by atoms with Crippen molar-refractivity contribution in [3.63, 3.8) is 0 Å². The number of hydrogen-bond acceptors (Lipinski definition) is 2. The van der Waals surface area contributed by atoms with E-state index in [9.17, 15) is 8.78 Å². The molecule has 0 aliphatic carbocycles. The molecule has 0 aromatic heterocycles. The number of ether oxygens (including phenoxy) is 1. The number of alkyl halides is 2. The molecule has 1 rings (SSSR count). The number of halogens is 2. The monoisotopic (exact) mass is 257 g/mol. The average molecular weight is 257 g/mol. The molecular weight excluding hydrogens is 236 g/mol. The van der Waals surface area contributed by atoms with Crippen molar-refractivity contribution in [1.29, 1.82) is 0 Å². The van der Waals surface area contributed by atoms with Gasteiger partial charge in [-0.05, 0) is 24.6 Å². The van der Waals surface area contributed by atoms with Crippen LogP contribution < -0.4 is 5.32 Å². The summed E-state index contributed by atoms with van der Waals surface area (Å²) in [5, 5.41) is 3.07. The van der Waals surface area contributed by atoms with Crippen LogP contribution in [0, 0.1) is 0 Å². The standard InChI is InChI=1S/C14H21F2NO/c1-3-4-11-5-7-12(8-6-11)13(17-2)9-18-10-14(15)16/h5-8,13-14,17H,3-4,9-10H2,1-2H3. The van der Waals surface area contributed by atoms with Gasteiger partial charge >= 0.3 is 0 Å². The SMILES string of the molecule is CCCc1ccc(C(COCC(F)F)NC)cc1. The highest BCUT2D eigenvalue weighted by Crippen LogP contribution is 2.15. The molecule has 1 unspecified atom stereocenters. The van der Waals surface area contributed by atoms with Gasteiger partial charge in [-0.15, -0.1) is 0 Å². The van der Waals surface area contributed by atoms with Gasteiger partial charge in [0.25, 0.3) is 6.43 Å². The van der Waals surface area contributed by atoms with E-state index in [-0.39, 0.29) is 12.6 Å². The van der Waals surface area contributed by atoms with E-state index >= 15 is 0 Å². The molecule has 0 aliphatic heterocycles. The Morgan fingerprint density at radius 2 is 1.83 bits per heavy atom. The third kappa shape index (κ3) is 5.10. The fourth-order valence-electron chi connectivity index (χ4n) is 1.83. The quantitative estimate of drug-likeness (QED) is 0.772. The maximum atomic E-state index is 12.0. The second-order valence-electron chi connectivity index (χ2n) is 4.26. The lowest BCUT2D eigenvalue weighted by atomic mass is 10.0. The number of rotatable bonds is 8. The minimum atomic E-state index is -2.41. The molecule has 0 bridgehead atoms. The van der Waals surface area contributed by atoms with E-state index in [4.69, 9.17) is 4.74 Å². The lowest BCUT2D eigenvalue weighted by Gasteiger charge is -2.17. The van der Waals surface area contributed by atoms with E-state index in [1.165, 1.54) is 5.56 Å². The molecule has 102 valence electrons. The van der Waals surface area contributed by atoms with Crippen molar-refractivity contribution < 1.29 is 13.5 Å². The number of hydrogen-bond donors (Lipinski definition) is 1. The third-order valence-corrected chi connectivity index (χ3v) is 2.80. The van der Waals surface area contributed by atoms with Gasteiger partial charge in [-0.1, -0.05) is 37.6 Å². The fraction of sp³-hybridized carbons (Fsp3) is 0.571. The molecule has 0 saturated carbocycles. The van der Waals surface area contributed by atoms with E-state index in [1.807, 2.05) is 12.1 Å². The minimum absolute atomic E-state index is 0.0422. The van der Waals surface area contributed by atoms with Gasteiger partial charge in [-0.2, -0.15) is 0 Å². The van der Waals surface area contributed by atoms with Gasteiger partial charge < -0.3 is 10.1 Å². The van der Waals surface area contributed by atoms with Crippen LogP contribution in [-0.4, -0.2) is 26.7 Å². The summed E-state index contributed by atoms with van der Waals surface area (Å²) in [5.74, 6) is 0. The van der Waals surface area contributed by atoms with Crippen molar-refractivity contribution in [2.24, 2.45) is 0 Å². The predicted molar refractivity (Wildman–Crippen MR) is 69.1 cm³/mol. The largest absolute Gasteiger partial charge is 0.374 e. The molecule has 0 saturated heterocycles. The summed E-state index contributed by atoms with van der Waals surface area (Å²) >= 11 is 0. The van der Waals surface area contributed by atoms with Crippen LogP contribution in [0.2, 0.25) is 0 Å². The maximum Gasteiger partial charge on any atom is 0.261 e. The molecule has 0 aliphatic rings. The van der Waals surface area contributed by atoms with E-state index in [1.54, 1.807) is 7.05 Å². The van der Waals surface area contributed by atoms with Gasteiger partial charge in [0.05, 0.1) is 12.6 Å². The van der Waals surface area contributed by atoms with Gasteiger partial charge in [0.15, 0.2) is 0 Å². The predicted octanol–water partition coefficient (Wildman–Crippen LogP) is 3.18. The molecule has 1 atom stereocenters. The second kappa shape index (κ2) is 8.16. The average Bonchev–Trinajstić information content (AvgIpc) is 2.36. The summed E-state index contributed by atoms with van der Waals surface area (Å²) in [6, 6.07) is 8.17. The number of nitrogens with one attached hydrogen (secondary N) is 1. The first-order chi connectivity index (χ1) is 8.67. The number of benzene rings is 1. The highest BCUT2D eigenvalue weighted by atomic mass is 19.3. The van der Waals surface area contributed by atoms with Crippen molar-refractivity contribution in [1.82, 2.24) is 5.32 Å². The van der Waals surface area contributed by atoms with E-state index in [0.29, 0.717) is 0 Å². The van der Waals surface area contributed by atoms with Crippen LogP contribution in [0.3, 0.4) is 0 Å². The Morgan fingerprint density at radius 1 is 1.17 bits per heavy atom. The molecule has 2 nitrogen and oxygen atoms in total. The van der Waals surface area contributed by atoms with Crippen molar-refractivity contribution >= 4 is 0 Å². The molecule has 0 spiro atoms. The topological polar surface area (TPSA) is 21.3 Å². The zero-order valence-corrected chi connectivity index (χ0v) is 11.0. The van der Waals surface area contributed by atoms with Gasteiger partial charge in [-0.25, -0.2) is 8.78 Å². The second-order valence-corrected chi connectivity index (χ2v) is 4.26. The summed E-state index contributed by atoms with van der Waals surface area (Å²) in [7, 11) is 1.80. The van der Waals surface area contributed by atoms with E-state index in [0.717, 1.165) is 18.4 Å². The molecular formula is C14H21F2NO. The van der Waals surface area contributed by atoms with Crippen LogP contribution in [0.5, 0.6) is 0 Å². The summed E-state index contributed by atoms with van der Waals surface area (Å²) in [6.07, 6.45) is -0.229. The third-order valence-electron chi connectivity index (χ3n) is 2.80. The summed E-state index contributed by atoms with van der Waals surface area (Å²) < 4.78 is 28.9. The summed E-state index contributed by atoms with van der Waals surface area (Å²) in [5.41, 5.74) is 2.36. The molecule has 4 heteroatoms. The Kier molecular flexibility index (Phi) is 6.83. The first-order valence-electron chi connectivity index (χ1n) is 6.29. The van der Waals surface area contributed by atoms with Gasteiger partial charge in [0, 0.05) is 0 Å². The summed E-state index contributed by atoms with van der Waals surface area (Å²) in [4.78, 5) is 0. The highest BCUT2D eigenvalue weighted by molar-refractivity contribution is 5.25. The zero-order valence-electron chi connectivity index (χ0n) is 11.0. The molecule has 0 radical (unpaired) electrons. The zero-order chi connectivity index (χ0) is 13.4.